The highest BCUT2D eigenvalue weighted by Crippen LogP contribution is 2.17. The van der Waals surface area contributed by atoms with Gasteiger partial charge in [0.05, 0.1) is 13.3 Å². The standard InChI is InChI=1S/C16H22N4O2.ClH/c1-17-15(13-9-18-20(3)11-13)16(21)19(2)10-12-6-5-7-14(8-12)22-4;/h5-9,11,15,17H,10H2,1-4H3;1H. The molecule has 0 saturated carbocycles. The van der Waals surface area contributed by atoms with Crippen LogP contribution in [-0.4, -0.2) is 41.8 Å². The molecule has 0 aliphatic rings. The van der Waals surface area contributed by atoms with Gasteiger partial charge in [0.25, 0.3) is 0 Å². The van der Waals surface area contributed by atoms with Crippen molar-refractivity contribution >= 4 is 18.3 Å². The van der Waals surface area contributed by atoms with Crippen LogP contribution in [0.3, 0.4) is 0 Å². The maximum absolute atomic E-state index is 12.6. The van der Waals surface area contributed by atoms with Gasteiger partial charge in [0, 0.05) is 32.4 Å². The third-order valence-corrected chi connectivity index (χ3v) is 3.52. The van der Waals surface area contributed by atoms with E-state index in [9.17, 15) is 4.79 Å². The Hall–Kier alpha value is -2.05. The summed E-state index contributed by atoms with van der Waals surface area (Å²) < 4.78 is 6.90. The molecule has 1 atom stereocenters. The second-order valence-corrected chi connectivity index (χ2v) is 5.21. The number of methoxy groups -OCH3 is 1. The lowest BCUT2D eigenvalue weighted by atomic mass is 10.1. The van der Waals surface area contributed by atoms with E-state index in [1.54, 1.807) is 37.0 Å². The molecule has 2 aromatic rings. The SMILES string of the molecule is CNC(C(=O)N(C)Cc1cccc(OC)c1)c1cnn(C)c1.Cl. The summed E-state index contributed by atoms with van der Waals surface area (Å²) in [5, 5.41) is 7.17. The number of nitrogens with zero attached hydrogens (tertiary/aromatic N) is 3. The summed E-state index contributed by atoms with van der Waals surface area (Å²) >= 11 is 0. The van der Waals surface area contributed by atoms with Gasteiger partial charge in [-0.2, -0.15) is 5.10 Å². The molecule has 0 fully saturated rings. The number of carbonyl (C=O) groups is 1. The number of ether oxygens (including phenoxy) is 1. The lowest BCUT2D eigenvalue weighted by Crippen LogP contribution is -2.37. The van der Waals surface area contributed by atoms with Gasteiger partial charge >= 0.3 is 0 Å². The number of nitrogens with one attached hydrogen (secondary N) is 1. The van der Waals surface area contributed by atoms with Crippen LogP contribution < -0.4 is 10.1 Å². The molecule has 0 spiro atoms. The molecule has 1 amide bonds. The van der Waals surface area contributed by atoms with Gasteiger partial charge in [0.15, 0.2) is 0 Å². The van der Waals surface area contributed by atoms with Crippen LogP contribution in [0.5, 0.6) is 5.75 Å². The van der Waals surface area contributed by atoms with Crippen molar-refractivity contribution in [2.24, 2.45) is 7.05 Å². The van der Waals surface area contributed by atoms with E-state index >= 15 is 0 Å². The maximum Gasteiger partial charge on any atom is 0.244 e. The number of aromatic nitrogens is 2. The first-order chi connectivity index (χ1) is 10.5. The van der Waals surface area contributed by atoms with Crippen molar-refractivity contribution in [1.29, 1.82) is 0 Å². The van der Waals surface area contributed by atoms with Crippen molar-refractivity contribution in [1.82, 2.24) is 20.0 Å². The van der Waals surface area contributed by atoms with Crippen molar-refractivity contribution in [2.75, 3.05) is 21.2 Å². The van der Waals surface area contributed by atoms with Crippen molar-refractivity contribution in [3.8, 4) is 5.75 Å². The van der Waals surface area contributed by atoms with Crippen molar-refractivity contribution in [2.45, 2.75) is 12.6 Å². The van der Waals surface area contributed by atoms with E-state index in [2.05, 4.69) is 10.4 Å². The Morgan fingerprint density at radius 3 is 2.78 bits per heavy atom. The van der Waals surface area contributed by atoms with E-state index < -0.39 is 6.04 Å². The highest BCUT2D eigenvalue weighted by Gasteiger charge is 2.23. The number of rotatable bonds is 6. The summed E-state index contributed by atoms with van der Waals surface area (Å²) in [4.78, 5) is 14.3. The minimum Gasteiger partial charge on any atom is -0.497 e. The van der Waals surface area contributed by atoms with Crippen molar-refractivity contribution in [3.05, 3.63) is 47.8 Å². The Balaban J connectivity index is 0.00000264. The molecular weight excluding hydrogens is 316 g/mol. The Labute approximate surface area is 142 Å². The minimum atomic E-state index is -0.399. The van der Waals surface area contributed by atoms with E-state index in [0.717, 1.165) is 16.9 Å². The highest BCUT2D eigenvalue weighted by molar-refractivity contribution is 5.85. The zero-order valence-electron chi connectivity index (χ0n) is 13.8. The fraction of sp³-hybridized carbons (Fsp3) is 0.375. The average Bonchev–Trinajstić information content (AvgIpc) is 2.94. The van der Waals surface area contributed by atoms with Crippen molar-refractivity contribution in [3.63, 3.8) is 0 Å². The van der Waals surface area contributed by atoms with E-state index in [1.165, 1.54) is 0 Å². The molecule has 2 rings (SSSR count). The lowest BCUT2D eigenvalue weighted by Gasteiger charge is -2.23. The number of aryl methyl sites for hydroxylation is 1. The van der Waals surface area contributed by atoms with Crippen LogP contribution in [0.1, 0.15) is 17.2 Å². The second-order valence-electron chi connectivity index (χ2n) is 5.21. The third-order valence-electron chi connectivity index (χ3n) is 3.52. The molecular formula is C16H23ClN4O2. The summed E-state index contributed by atoms with van der Waals surface area (Å²) in [6.45, 7) is 0.522. The van der Waals surface area contributed by atoms with E-state index in [1.807, 2.05) is 37.5 Å². The fourth-order valence-corrected chi connectivity index (χ4v) is 2.36. The maximum atomic E-state index is 12.6. The van der Waals surface area contributed by atoms with Crippen LogP contribution in [0.25, 0.3) is 0 Å². The molecule has 6 nitrogen and oxygen atoms in total. The Bertz CT molecular complexity index is 645. The van der Waals surface area contributed by atoms with Gasteiger partial charge in [0.2, 0.25) is 5.91 Å². The van der Waals surface area contributed by atoms with Crippen LogP contribution in [0.2, 0.25) is 0 Å². The molecule has 0 saturated heterocycles. The summed E-state index contributed by atoms with van der Waals surface area (Å²) in [7, 11) is 7.03. The van der Waals surface area contributed by atoms with Gasteiger partial charge < -0.3 is 15.0 Å². The van der Waals surface area contributed by atoms with Gasteiger partial charge in [0.1, 0.15) is 11.8 Å². The summed E-state index contributed by atoms with van der Waals surface area (Å²) in [5.41, 5.74) is 1.88. The van der Waals surface area contributed by atoms with Gasteiger partial charge in [-0.1, -0.05) is 12.1 Å². The van der Waals surface area contributed by atoms with Gasteiger partial charge in [-0.25, -0.2) is 0 Å². The van der Waals surface area contributed by atoms with E-state index in [4.69, 9.17) is 4.74 Å². The molecule has 7 heteroatoms. The Morgan fingerprint density at radius 1 is 1.48 bits per heavy atom. The number of carbonyl (C=O) groups excluding carboxylic acids is 1. The summed E-state index contributed by atoms with van der Waals surface area (Å²) in [6.07, 6.45) is 3.55. The topological polar surface area (TPSA) is 59.4 Å². The number of hydrogen-bond donors (Lipinski definition) is 1. The minimum absolute atomic E-state index is 0. The highest BCUT2D eigenvalue weighted by atomic mass is 35.5. The van der Waals surface area contributed by atoms with Gasteiger partial charge in [-0.3, -0.25) is 9.48 Å². The molecule has 23 heavy (non-hydrogen) atoms. The zero-order valence-corrected chi connectivity index (χ0v) is 14.6. The van der Waals surface area contributed by atoms with Gasteiger partial charge in [-0.05, 0) is 24.7 Å². The number of hydrogen-bond acceptors (Lipinski definition) is 4. The predicted molar refractivity (Wildman–Crippen MR) is 91.7 cm³/mol. The number of benzene rings is 1. The first-order valence-corrected chi connectivity index (χ1v) is 7.09. The lowest BCUT2D eigenvalue weighted by molar-refractivity contribution is -0.132. The molecule has 1 aromatic carbocycles. The average molecular weight is 339 g/mol. The summed E-state index contributed by atoms with van der Waals surface area (Å²) in [6, 6.07) is 7.32. The Morgan fingerprint density at radius 2 is 2.22 bits per heavy atom. The smallest absolute Gasteiger partial charge is 0.244 e. The fourth-order valence-electron chi connectivity index (χ4n) is 2.36. The van der Waals surface area contributed by atoms with E-state index in [-0.39, 0.29) is 18.3 Å². The van der Waals surface area contributed by atoms with Crippen LogP contribution in [-0.2, 0) is 18.4 Å². The normalized spacial score (nSPS) is 11.5. The molecule has 0 radical (unpaired) electrons. The molecule has 126 valence electrons. The summed E-state index contributed by atoms with van der Waals surface area (Å²) in [5.74, 6) is 0.786. The first-order valence-electron chi connectivity index (χ1n) is 7.09. The molecule has 1 unspecified atom stereocenters. The quantitative estimate of drug-likeness (QED) is 0.872. The molecule has 1 aromatic heterocycles. The number of halogens is 1. The number of likely N-dealkylation sites (N-methyl/N-ethyl adjacent to an activating group) is 2. The third kappa shape index (κ3) is 4.71. The first kappa shape index (κ1) is 19.0. The monoisotopic (exact) mass is 338 g/mol. The van der Waals surface area contributed by atoms with Crippen LogP contribution in [0.4, 0.5) is 0 Å². The molecule has 0 aliphatic heterocycles. The van der Waals surface area contributed by atoms with Crippen LogP contribution >= 0.6 is 12.4 Å². The van der Waals surface area contributed by atoms with Gasteiger partial charge in [-0.15, -0.1) is 12.4 Å². The molecule has 1 heterocycles. The predicted octanol–water partition coefficient (Wildman–Crippen LogP) is 1.77. The molecule has 0 aliphatic carbocycles. The largest absolute Gasteiger partial charge is 0.497 e. The number of amides is 1. The van der Waals surface area contributed by atoms with Crippen LogP contribution in [0, 0.1) is 0 Å². The molecule has 1 N–H and O–H groups in total. The molecule has 0 bridgehead atoms. The van der Waals surface area contributed by atoms with Crippen molar-refractivity contribution < 1.29 is 9.53 Å². The van der Waals surface area contributed by atoms with E-state index in [0.29, 0.717) is 6.54 Å². The zero-order chi connectivity index (χ0) is 16.1. The Kier molecular flexibility index (Phi) is 7.06. The van der Waals surface area contributed by atoms with Crippen LogP contribution in [0.15, 0.2) is 36.7 Å². The second kappa shape index (κ2) is 8.55.